The second-order valence-corrected chi connectivity index (χ2v) is 4.73. The molecule has 1 amide bonds. The largest absolute Gasteiger partial charge is 0.460 e. The first-order chi connectivity index (χ1) is 9.80. The standard InChI is InChI=1S/C11H11F7N2O2/c1-5(19-20-8(22)6-2-3-6)4-7(21)9(12,13)10(14,15)11(16,17)18/h4,6,19H,2-3H2,1H3,(H,20,22)/b5-4-. The summed E-state index contributed by atoms with van der Waals surface area (Å²) in [6.07, 6.45) is -5.48. The van der Waals surface area contributed by atoms with Crippen LogP contribution in [0.4, 0.5) is 30.7 Å². The highest BCUT2D eigenvalue weighted by Gasteiger charge is 2.75. The van der Waals surface area contributed by atoms with E-state index in [0.717, 1.165) is 6.92 Å². The fraction of sp³-hybridized carbons (Fsp3) is 0.636. The lowest BCUT2D eigenvalue weighted by Crippen LogP contribution is -2.55. The highest BCUT2D eigenvalue weighted by atomic mass is 19.4. The number of allylic oxidation sites excluding steroid dienone is 2. The lowest BCUT2D eigenvalue weighted by Gasteiger charge is -2.26. The van der Waals surface area contributed by atoms with Crippen LogP contribution in [0.3, 0.4) is 0 Å². The van der Waals surface area contributed by atoms with Gasteiger partial charge in [0.25, 0.3) is 0 Å². The molecule has 1 aliphatic rings. The Hall–Kier alpha value is -1.81. The molecule has 0 spiro atoms. The fourth-order valence-corrected chi connectivity index (χ4v) is 1.26. The lowest BCUT2D eigenvalue weighted by molar-refractivity contribution is -0.342. The number of nitrogens with one attached hydrogen (secondary N) is 2. The minimum atomic E-state index is -6.58. The average molecular weight is 336 g/mol. The summed E-state index contributed by atoms with van der Waals surface area (Å²) in [5.74, 6) is -16.0. The molecule has 0 atom stereocenters. The SMILES string of the molecule is C/C(=C/C(=O)C(F)(F)C(F)(F)C(F)(F)F)NNC(=O)C1CC1. The van der Waals surface area contributed by atoms with E-state index >= 15 is 0 Å². The highest BCUT2D eigenvalue weighted by Crippen LogP contribution is 2.47. The molecule has 2 N–H and O–H groups in total. The minimum Gasteiger partial charge on any atom is -0.303 e. The normalized spacial score (nSPS) is 17.2. The van der Waals surface area contributed by atoms with Crippen molar-refractivity contribution in [3.8, 4) is 0 Å². The molecule has 11 heteroatoms. The number of hydrogen-bond donors (Lipinski definition) is 2. The van der Waals surface area contributed by atoms with E-state index in [9.17, 15) is 40.3 Å². The molecule has 0 aliphatic heterocycles. The molecule has 126 valence electrons. The average Bonchev–Trinajstić information content (AvgIpc) is 3.18. The van der Waals surface area contributed by atoms with Crippen LogP contribution in [-0.2, 0) is 9.59 Å². The topological polar surface area (TPSA) is 58.2 Å². The van der Waals surface area contributed by atoms with Crippen LogP contribution in [0.25, 0.3) is 0 Å². The van der Waals surface area contributed by atoms with Crippen molar-refractivity contribution in [1.82, 2.24) is 10.9 Å². The summed E-state index contributed by atoms with van der Waals surface area (Å²) in [4.78, 5) is 22.2. The van der Waals surface area contributed by atoms with Gasteiger partial charge in [0.1, 0.15) is 0 Å². The van der Waals surface area contributed by atoms with Crippen molar-refractivity contribution in [3.05, 3.63) is 11.8 Å². The first-order valence-electron chi connectivity index (χ1n) is 5.91. The van der Waals surface area contributed by atoms with Gasteiger partial charge in [0, 0.05) is 17.7 Å². The molecule has 4 nitrogen and oxygen atoms in total. The number of alkyl halides is 7. The fourth-order valence-electron chi connectivity index (χ4n) is 1.26. The van der Waals surface area contributed by atoms with E-state index in [2.05, 4.69) is 0 Å². The Bertz CT molecular complexity index is 495. The van der Waals surface area contributed by atoms with E-state index in [1.165, 1.54) is 0 Å². The van der Waals surface area contributed by atoms with Gasteiger partial charge >= 0.3 is 18.0 Å². The molecule has 1 rings (SSSR count). The maximum absolute atomic E-state index is 13.0. The van der Waals surface area contributed by atoms with Gasteiger partial charge in [-0.3, -0.25) is 15.0 Å². The zero-order valence-electron chi connectivity index (χ0n) is 11.0. The summed E-state index contributed by atoms with van der Waals surface area (Å²) in [6.45, 7) is 0.937. The van der Waals surface area contributed by atoms with E-state index in [0.29, 0.717) is 12.8 Å². The summed E-state index contributed by atoms with van der Waals surface area (Å²) >= 11 is 0. The van der Waals surface area contributed by atoms with Gasteiger partial charge in [-0.2, -0.15) is 30.7 Å². The van der Waals surface area contributed by atoms with E-state index < -0.39 is 35.4 Å². The number of carbonyl (C=O) groups is 2. The molecule has 1 aliphatic carbocycles. The van der Waals surface area contributed by atoms with Crippen LogP contribution >= 0.6 is 0 Å². The molecule has 0 aromatic rings. The molecule has 0 radical (unpaired) electrons. The number of amides is 1. The summed E-state index contributed by atoms with van der Waals surface area (Å²) in [5.41, 5.74) is 3.47. The number of hydrazine groups is 1. The Morgan fingerprint density at radius 3 is 1.91 bits per heavy atom. The third kappa shape index (κ3) is 3.69. The number of hydrogen-bond acceptors (Lipinski definition) is 3. The summed E-state index contributed by atoms with van der Waals surface area (Å²) in [7, 11) is 0. The monoisotopic (exact) mass is 336 g/mol. The third-order valence-corrected chi connectivity index (χ3v) is 2.74. The summed E-state index contributed by atoms with van der Waals surface area (Å²) < 4.78 is 87.0. The Kier molecular flexibility index (Phi) is 4.78. The highest BCUT2D eigenvalue weighted by molar-refractivity contribution is 5.97. The molecule has 0 unspecified atom stereocenters. The number of carbonyl (C=O) groups excluding carboxylic acids is 2. The van der Waals surface area contributed by atoms with Crippen molar-refractivity contribution < 1.29 is 40.3 Å². The third-order valence-electron chi connectivity index (χ3n) is 2.74. The summed E-state index contributed by atoms with van der Waals surface area (Å²) in [6, 6.07) is 0. The van der Waals surface area contributed by atoms with Gasteiger partial charge in [-0.1, -0.05) is 0 Å². The molecule has 0 saturated heterocycles. The maximum atomic E-state index is 13.0. The van der Waals surface area contributed by atoms with Gasteiger partial charge in [-0.15, -0.1) is 0 Å². The van der Waals surface area contributed by atoms with Crippen molar-refractivity contribution in [1.29, 1.82) is 0 Å². The number of halogens is 7. The van der Waals surface area contributed by atoms with E-state index in [1.54, 1.807) is 0 Å². The molecular formula is C11H11F7N2O2. The second kappa shape index (κ2) is 5.76. The van der Waals surface area contributed by atoms with Crippen LogP contribution in [-0.4, -0.2) is 29.7 Å². The van der Waals surface area contributed by atoms with E-state index in [4.69, 9.17) is 0 Å². The van der Waals surface area contributed by atoms with Gasteiger partial charge in [0.15, 0.2) is 0 Å². The van der Waals surface area contributed by atoms with Crippen LogP contribution in [0.1, 0.15) is 19.8 Å². The van der Waals surface area contributed by atoms with Crippen molar-refractivity contribution in [2.45, 2.75) is 37.8 Å². The number of ketones is 1. The van der Waals surface area contributed by atoms with Gasteiger partial charge in [-0.25, -0.2) is 0 Å². The van der Waals surface area contributed by atoms with E-state index in [1.807, 2.05) is 10.9 Å². The smallest absolute Gasteiger partial charge is 0.303 e. The second-order valence-electron chi connectivity index (χ2n) is 4.73. The molecule has 1 fully saturated rings. The zero-order chi connectivity index (χ0) is 17.3. The minimum absolute atomic E-state index is 0.132. The van der Waals surface area contributed by atoms with Gasteiger partial charge in [0.2, 0.25) is 11.7 Å². The summed E-state index contributed by atoms with van der Waals surface area (Å²) in [5, 5.41) is 0. The first-order valence-corrected chi connectivity index (χ1v) is 5.91. The molecule has 22 heavy (non-hydrogen) atoms. The van der Waals surface area contributed by atoms with Crippen molar-refractivity contribution in [2.75, 3.05) is 0 Å². The van der Waals surface area contributed by atoms with Crippen LogP contribution in [0.2, 0.25) is 0 Å². The van der Waals surface area contributed by atoms with Crippen molar-refractivity contribution in [3.63, 3.8) is 0 Å². The molecule has 1 saturated carbocycles. The van der Waals surface area contributed by atoms with Crippen LogP contribution in [0.5, 0.6) is 0 Å². The quantitative estimate of drug-likeness (QED) is 0.445. The number of rotatable bonds is 6. The van der Waals surface area contributed by atoms with Crippen LogP contribution in [0, 0.1) is 5.92 Å². The van der Waals surface area contributed by atoms with Crippen LogP contribution < -0.4 is 10.9 Å². The van der Waals surface area contributed by atoms with Gasteiger partial charge in [-0.05, 0) is 19.8 Å². The predicted molar refractivity (Wildman–Crippen MR) is 58.7 cm³/mol. The Morgan fingerprint density at radius 1 is 1.00 bits per heavy atom. The molecular weight excluding hydrogens is 325 g/mol. The molecule has 0 bridgehead atoms. The van der Waals surface area contributed by atoms with Crippen molar-refractivity contribution >= 4 is 11.7 Å². The predicted octanol–water partition coefficient (Wildman–Crippen LogP) is 2.32. The van der Waals surface area contributed by atoms with Gasteiger partial charge < -0.3 is 5.43 Å². The Labute approximate surface area is 119 Å². The lowest BCUT2D eigenvalue weighted by atomic mass is 10.1. The molecule has 0 aromatic heterocycles. The first kappa shape index (κ1) is 18.2. The molecule has 0 heterocycles. The van der Waals surface area contributed by atoms with E-state index in [-0.39, 0.29) is 12.0 Å². The van der Waals surface area contributed by atoms with Crippen LogP contribution in [0.15, 0.2) is 11.8 Å². The zero-order valence-corrected chi connectivity index (χ0v) is 11.0. The van der Waals surface area contributed by atoms with Gasteiger partial charge in [0.05, 0.1) is 0 Å². The molecule has 0 aromatic carbocycles. The maximum Gasteiger partial charge on any atom is 0.460 e. The Morgan fingerprint density at radius 2 is 1.50 bits per heavy atom. The Balaban J connectivity index is 2.75. The van der Waals surface area contributed by atoms with Crippen molar-refractivity contribution in [2.24, 2.45) is 5.92 Å².